The van der Waals surface area contributed by atoms with Gasteiger partial charge in [0.25, 0.3) is 0 Å². The molecule has 1 aromatic heterocycles. The molecule has 0 aliphatic carbocycles. The molecule has 1 fully saturated rings. The van der Waals surface area contributed by atoms with Gasteiger partial charge in [-0.25, -0.2) is 0 Å². The molecule has 1 aromatic carbocycles. The molecule has 3 heterocycles. The number of fused-ring (bicyclic) bond motifs is 2. The molecular weight excluding hydrogens is 248 g/mol. The summed E-state index contributed by atoms with van der Waals surface area (Å²) in [6, 6.07) is 6.71. The molecule has 0 radical (unpaired) electrons. The van der Waals surface area contributed by atoms with E-state index in [1.165, 1.54) is 22.3 Å². The summed E-state index contributed by atoms with van der Waals surface area (Å²) in [6.07, 6.45) is 3.07. The molecule has 4 rings (SSSR count). The number of likely N-dealkylation sites (N-methyl/N-ethyl adjacent to an activating group) is 1. The van der Waals surface area contributed by atoms with Crippen molar-refractivity contribution in [2.45, 2.75) is 6.42 Å². The van der Waals surface area contributed by atoms with E-state index < -0.39 is 0 Å². The quantitative estimate of drug-likeness (QED) is 0.856. The van der Waals surface area contributed by atoms with Gasteiger partial charge in [-0.15, -0.1) is 0 Å². The first-order valence-electron chi connectivity index (χ1n) is 7.40. The van der Waals surface area contributed by atoms with E-state index in [-0.39, 0.29) is 0 Å². The van der Waals surface area contributed by atoms with Crippen LogP contribution in [0.25, 0.3) is 10.9 Å². The summed E-state index contributed by atoms with van der Waals surface area (Å²) in [5, 5.41) is 4.76. The molecule has 2 aromatic rings. The topological polar surface area (TPSA) is 31.4 Å². The van der Waals surface area contributed by atoms with Crippen LogP contribution in [-0.4, -0.2) is 49.7 Å². The lowest BCUT2D eigenvalue weighted by atomic mass is 10.1. The average Bonchev–Trinajstić information content (AvgIpc) is 2.92. The van der Waals surface area contributed by atoms with Crippen molar-refractivity contribution < 1.29 is 0 Å². The Morgan fingerprint density at radius 1 is 1.15 bits per heavy atom. The van der Waals surface area contributed by atoms with Gasteiger partial charge in [0.05, 0.1) is 5.52 Å². The third-order valence-electron chi connectivity index (χ3n) is 4.50. The smallest absolute Gasteiger partial charge is 0.0727 e. The van der Waals surface area contributed by atoms with Gasteiger partial charge in [0, 0.05) is 55.7 Å². The van der Waals surface area contributed by atoms with Crippen LogP contribution in [0.1, 0.15) is 5.56 Å². The SMILES string of the molecule is CN1CCN(c2ccnc3cc4c(cc23)NCC4)CC1. The van der Waals surface area contributed by atoms with E-state index in [1.807, 2.05) is 6.20 Å². The van der Waals surface area contributed by atoms with Gasteiger partial charge < -0.3 is 15.1 Å². The molecule has 4 nitrogen and oxygen atoms in total. The summed E-state index contributed by atoms with van der Waals surface area (Å²) in [6.45, 7) is 5.51. The predicted molar refractivity (Wildman–Crippen MR) is 83.6 cm³/mol. The van der Waals surface area contributed by atoms with Crippen molar-refractivity contribution in [3.8, 4) is 0 Å². The van der Waals surface area contributed by atoms with Crippen molar-refractivity contribution in [3.05, 3.63) is 30.0 Å². The number of pyridine rings is 1. The summed E-state index contributed by atoms with van der Waals surface area (Å²) in [5.74, 6) is 0. The molecule has 0 bridgehead atoms. The second-order valence-electron chi connectivity index (χ2n) is 5.82. The molecule has 0 spiro atoms. The number of aromatic nitrogens is 1. The van der Waals surface area contributed by atoms with Crippen molar-refractivity contribution in [3.63, 3.8) is 0 Å². The molecule has 104 valence electrons. The van der Waals surface area contributed by atoms with Crippen LogP contribution in [0.3, 0.4) is 0 Å². The minimum atomic E-state index is 1.05. The number of nitrogens with one attached hydrogen (secondary N) is 1. The highest BCUT2D eigenvalue weighted by atomic mass is 15.2. The van der Waals surface area contributed by atoms with Crippen molar-refractivity contribution in [2.75, 3.05) is 50.0 Å². The van der Waals surface area contributed by atoms with Crippen molar-refractivity contribution in [2.24, 2.45) is 0 Å². The largest absolute Gasteiger partial charge is 0.384 e. The highest BCUT2D eigenvalue weighted by molar-refractivity contribution is 5.95. The Morgan fingerprint density at radius 2 is 2.00 bits per heavy atom. The van der Waals surface area contributed by atoms with E-state index in [2.05, 4.69) is 45.3 Å². The van der Waals surface area contributed by atoms with E-state index in [4.69, 9.17) is 0 Å². The number of hydrogen-bond donors (Lipinski definition) is 1. The van der Waals surface area contributed by atoms with Crippen molar-refractivity contribution >= 4 is 22.3 Å². The molecule has 0 unspecified atom stereocenters. The lowest BCUT2D eigenvalue weighted by Gasteiger charge is -2.34. The Labute approximate surface area is 119 Å². The van der Waals surface area contributed by atoms with E-state index in [9.17, 15) is 0 Å². The Bertz CT molecular complexity index is 644. The van der Waals surface area contributed by atoms with E-state index in [0.29, 0.717) is 0 Å². The normalized spacial score (nSPS) is 19.1. The van der Waals surface area contributed by atoms with Crippen LogP contribution in [0, 0.1) is 0 Å². The Balaban J connectivity index is 1.79. The van der Waals surface area contributed by atoms with Gasteiger partial charge in [-0.1, -0.05) is 0 Å². The van der Waals surface area contributed by atoms with Crippen LogP contribution >= 0.6 is 0 Å². The van der Waals surface area contributed by atoms with Gasteiger partial charge in [0.15, 0.2) is 0 Å². The fourth-order valence-electron chi connectivity index (χ4n) is 3.25. The molecule has 2 aliphatic heterocycles. The highest BCUT2D eigenvalue weighted by Gasteiger charge is 2.18. The molecule has 0 amide bonds. The monoisotopic (exact) mass is 268 g/mol. The van der Waals surface area contributed by atoms with Crippen LogP contribution in [-0.2, 0) is 6.42 Å². The first kappa shape index (κ1) is 12.0. The maximum Gasteiger partial charge on any atom is 0.0727 e. The van der Waals surface area contributed by atoms with Crippen LogP contribution in [0.5, 0.6) is 0 Å². The number of anilines is 2. The fourth-order valence-corrected chi connectivity index (χ4v) is 3.25. The second-order valence-corrected chi connectivity index (χ2v) is 5.82. The predicted octanol–water partition coefficient (Wildman–Crippen LogP) is 1.95. The standard InChI is InChI=1S/C16H20N4/c1-19-6-8-20(9-7-19)16-3-5-18-15-10-12-2-4-17-14(12)11-13(15)16/h3,5,10-11,17H,2,4,6-9H2,1H3. The van der Waals surface area contributed by atoms with E-state index in [0.717, 1.165) is 44.7 Å². The Kier molecular flexibility index (Phi) is 2.77. The van der Waals surface area contributed by atoms with Crippen LogP contribution < -0.4 is 10.2 Å². The molecule has 4 heteroatoms. The number of rotatable bonds is 1. The molecular formula is C16H20N4. The summed E-state index contributed by atoms with van der Waals surface area (Å²) in [4.78, 5) is 9.44. The third kappa shape index (κ3) is 1.91. The summed E-state index contributed by atoms with van der Waals surface area (Å²) in [7, 11) is 2.19. The summed E-state index contributed by atoms with van der Waals surface area (Å²) in [5.41, 5.74) is 5.16. The number of benzene rings is 1. The Morgan fingerprint density at radius 3 is 2.85 bits per heavy atom. The molecule has 1 N–H and O–H groups in total. The average molecular weight is 268 g/mol. The zero-order chi connectivity index (χ0) is 13.5. The lowest BCUT2D eigenvalue weighted by Crippen LogP contribution is -2.44. The maximum atomic E-state index is 4.56. The third-order valence-corrected chi connectivity index (χ3v) is 4.50. The first-order valence-corrected chi connectivity index (χ1v) is 7.40. The van der Waals surface area contributed by atoms with Gasteiger partial charge in [-0.05, 0) is 37.2 Å². The van der Waals surface area contributed by atoms with Crippen LogP contribution in [0.15, 0.2) is 24.4 Å². The number of hydrogen-bond acceptors (Lipinski definition) is 4. The van der Waals surface area contributed by atoms with Crippen molar-refractivity contribution in [1.29, 1.82) is 0 Å². The van der Waals surface area contributed by atoms with Gasteiger partial charge in [0.1, 0.15) is 0 Å². The minimum Gasteiger partial charge on any atom is -0.384 e. The Hall–Kier alpha value is -1.81. The van der Waals surface area contributed by atoms with Gasteiger partial charge in [0.2, 0.25) is 0 Å². The lowest BCUT2D eigenvalue weighted by molar-refractivity contribution is 0.313. The zero-order valence-electron chi connectivity index (χ0n) is 11.9. The minimum absolute atomic E-state index is 1.05. The summed E-state index contributed by atoms with van der Waals surface area (Å²) >= 11 is 0. The highest BCUT2D eigenvalue weighted by Crippen LogP contribution is 2.32. The second kappa shape index (κ2) is 4.63. The zero-order valence-corrected chi connectivity index (χ0v) is 11.9. The van der Waals surface area contributed by atoms with Crippen LogP contribution in [0.4, 0.5) is 11.4 Å². The van der Waals surface area contributed by atoms with Gasteiger partial charge >= 0.3 is 0 Å². The molecule has 0 atom stereocenters. The van der Waals surface area contributed by atoms with Crippen molar-refractivity contribution in [1.82, 2.24) is 9.88 Å². The number of nitrogens with zero attached hydrogens (tertiary/aromatic N) is 3. The summed E-state index contributed by atoms with van der Waals surface area (Å²) < 4.78 is 0. The molecule has 0 saturated carbocycles. The molecule has 2 aliphatic rings. The first-order chi connectivity index (χ1) is 9.81. The molecule has 20 heavy (non-hydrogen) atoms. The van der Waals surface area contributed by atoms with Crippen LogP contribution in [0.2, 0.25) is 0 Å². The number of piperazine rings is 1. The van der Waals surface area contributed by atoms with Gasteiger partial charge in [-0.3, -0.25) is 4.98 Å². The molecule has 1 saturated heterocycles. The maximum absolute atomic E-state index is 4.56. The van der Waals surface area contributed by atoms with E-state index >= 15 is 0 Å². The van der Waals surface area contributed by atoms with E-state index in [1.54, 1.807) is 0 Å². The van der Waals surface area contributed by atoms with Gasteiger partial charge in [-0.2, -0.15) is 0 Å². The fraction of sp³-hybridized carbons (Fsp3) is 0.438.